The number of amides is 4. The highest BCUT2D eigenvalue weighted by Gasteiger charge is 2.25. The molecule has 0 bridgehead atoms. The second kappa shape index (κ2) is 17.8. The van der Waals surface area contributed by atoms with Gasteiger partial charge in [0.15, 0.2) is 0 Å². The van der Waals surface area contributed by atoms with Crippen LogP contribution in [0, 0.1) is 13.8 Å². The van der Waals surface area contributed by atoms with Crippen LogP contribution < -0.4 is 21.7 Å². The Hall–Kier alpha value is -6.52. The third-order valence-corrected chi connectivity index (χ3v) is 10.4. The number of fused-ring (bicyclic) bond motifs is 8. The highest BCUT2D eigenvalue weighted by Crippen LogP contribution is 2.28. The average molecular weight is 821 g/mol. The van der Waals surface area contributed by atoms with Gasteiger partial charge in [-0.3, -0.25) is 34.4 Å². The molecule has 1 aliphatic rings. The van der Waals surface area contributed by atoms with Crippen molar-refractivity contribution in [3.63, 3.8) is 0 Å². The van der Waals surface area contributed by atoms with Crippen LogP contribution in [0.1, 0.15) is 121 Å². The predicted octanol–water partition coefficient (Wildman–Crippen LogP) is 6.89. The highest BCUT2D eigenvalue weighted by atomic mass is 16.6. The molecule has 0 saturated carbocycles. The lowest BCUT2D eigenvalue weighted by molar-refractivity contribution is 0.0523. The third-order valence-electron chi connectivity index (χ3n) is 10.4. The van der Waals surface area contributed by atoms with Gasteiger partial charge < -0.3 is 24.9 Å². The number of rotatable bonds is 4. The summed E-state index contributed by atoms with van der Waals surface area (Å²) < 4.78 is 12.9. The van der Waals surface area contributed by atoms with Gasteiger partial charge in [-0.1, -0.05) is 26.0 Å². The smallest absolute Gasteiger partial charge is 0.407 e. The van der Waals surface area contributed by atoms with E-state index >= 15 is 0 Å². The number of aryl methyl sites for hydroxylation is 6. The number of hydrogen-bond acceptors (Lipinski definition) is 9. The number of aromatic nitrogens is 8. The van der Waals surface area contributed by atoms with Gasteiger partial charge in [-0.25, -0.2) is 14.8 Å². The SMILES string of the molecule is C.CCn1nc(C)c2c1C(=O)Nc1nc3c(CNC(=O)OC(C)(C)C)cccc3n1CCCCn1c(nc3cc(C(N)=O)ccc31)NC(=O)c1cc(C)nn1CCCCC2. The van der Waals surface area contributed by atoms with E-state index in [-0.39, 0.29) is 25.8 Å². The fraction of sp³-hybridized carbons (Fsp3) is 0.442. The molecule has 1 aliphatic heterocycles. The van der Waals surface area contributed by atoms with E-state index in [4.69, 9.17) is 25.5 Å². The summed E-state index contributed by atoms with van der Waals surface area (Å²) in [4.78, 5) is 62.7. The molecule has 4 amide bonds. The monoisotopic (exact) mass is 820 g/mol. The molecule has 5 N–H and O–H groups in total. The number of anilines is 2. The molecule has 5 heterocycles. The van der Waals surface area contributed by atoms with E-state index in [2.05, 4.69) is 21.0 Å². The van der Waals surface area contributed by atoms with E-state index in [0.29, 0.717) is 85.3 Å². The molecule has 0 saturated heterocycles. The van der Waals surface area contributed by atoms with Crippen molar-refractivity contribution in [3.05, 3.63) is 81.9 Å². The van der Waals surface area contributed by atoms with Crippen LogP contribution in [0.4, 0.5) is 16.7 Å². The van der Waals surface area contributed by atoms with Gasteiger partial charge in [-0.2, -0.15) is 10.2 Å². The number of carbonyl (C=O) groups excluding carboxylic acids is 4. The van der Waals surface area contributed by atoms with Gasteiger partial charge in [0.2, 0.25) is 17.8 Å². The minimum absolute atomic E-state index is 0. The van der Waals surface area contributed by atoms with Crippen LogP contribution >= 0.6 is 0 Å². The number of nitrogens with two attached hydrogens (primary N) is 1. The number of benzene rings is 2. The van der Waals surface area contributed by atoms with Gasteiger partial charge >= 0.3 is 6.09 Å². The molecule has 17 heteroatoms. The Morgan fingerprint density at radius 3 is 2.28 bits per heavy atom. The molecule has 2 aromatic carbocycles. The number of nitrogens with zero attached hydrogens (tertiary/aromatic N) is 8. The van der Waals surface area contributed by atoms with Gasteiger partial charge in [-0.05, 0) is 110 Å². The maximum absolute atomic E-state index is 14.4. The van der Waals surface area contributed by atoms with Crippen LogP contribution in [0.3, 0.4) is 0 Å². The van der Waals surface area contributed by atoms with E-state index in [1.807, 2.05) is 68.9 Å². The maximum atomic E-state index is 14.4. The van der Waals surface area contributed by atoms with Crippen molar-refractivity contribution in [2.45, 2.75) is 126 Å². The van der Waals surface area contributed by atoms with Crippen molar-refractivity contribution >= 4 is 57.8 Å². The van der Waals surface area contributed by atoms with Gasteiger partial charge in [-0.15, -0.1) is 0 Å². The normalized spacial score (nSPS) is 14.4. The number of primary amides is 1. The summed E-state index contributed by atoms with van der Waals surface area (Å²) in [5, 5.41) is 18.4. The standard InChI is InChI=1S/C42H52N12O5.CH4/c1-7-53-35-29(26(3)50-53)15-9-8-10-21-54-33(22-25(2)49-54)37(56)47-39-45-30-23-27(36(43)55)17-18-31(30)51(39)19-11-12-20-52-32-16-13-14-28(24-44-41(58)59-42(4,5)6)34(32)46-40(52)48-38(35)57;/h13-14,16-18,22-23H,7-12,15,19-21,24H2,1-6H3,(H2,43,55)(H,44,58)(H,45,47,56)(H,46,48,57);1H4. The largest absolute Gasteiger partial charge is 0.444 e. The molecule has 6 aromatic rings. The number of para-hydroxylation sites is 1. The third kappa shape index (κ3) is 9.19. The maximum Gasteiger partial charge on any atom is 0.407 e. The molecular weight excluding hydrogens is 765 g/mol. The highest BCUT2D eigenvalue weighted by molar-refractivity contribution is 6.05. The molecule has 318 valence electrons. The average Bonchev–Trinajstić information content (AvgIpc) is 3.92. The molecule has 4 aromatic heterocycles. The van der Waals surface area contributed by atoms with Gasteiger partial charge in [0.05, 0.1) is 33.5 Å². The second-order valence-corrected chi connectivity index (χ2v) is 15.9. The van der Waals surface area contributed by atoms with Crippen LogP contribution in [0.25, 0.3) is 22.1 Å². The van der Waals surface area contributed by atoms with Crippen LogP contribution in [0.5, 0.6) is 0 Å². The summed E-state index contributed by atoms with van der Waals surface area (Å²) in [7, 11) is 0. The van der Waals surface area contributed by atoms with Crippen molar-refractivity contribution in [3.8, 4) is 0 Å². The zero-order valence-corrected chi connectivity index (χ0v) is 34.5. The summed E-state index contributed by atoms with van der Waals surface area (Å²) >= 11 is 0. The molecule has 0 aliphatic carbocycles. The van der Waals surface area contributed by atoms with Crippen LogP contribution in [-0.2, 0) is 43.9 Å². The van der Waals surface area contributed by atoms with Gasteiger partial charge in [0, 0.05) is 43.9 Å². The van der Waals surface area contributed by atoms with Crippen molar-refractivity contribution in [1.82, 2.24) is 44.0 Å². The Morgan fingerprint density at radius 1 is 0.867 bits per heavy atom. The molecule has 0 atom stereocenters. The zero-order chi connectivity index (χ0) is 42.0. The second-order valence-electron chi connectivity index (χ2n) is 15.9. The topological polar surface area (TPSA) is 211 Å². The first-order valence-corrected chi connectivity index (χ1v) is 20.2. The number of nitrogens with one attached hydrogen (secondary N) is 3. The first kappa shape index (κ1) is 43.1. The Bertz CT molecular complexity index is 2570. The fourth-order valence-corrected chi connectivity index (χ4v) is 7.66. The van der Waals surface area contributed by atoms with Crippen molar-refractivity contribution in [2.75, 3.05) is 10.6 Å². The summed E-state index contributed by atoms with van der Waals surface area (Å²) in [6.07, 6.45) is 3.76. The summed E-state index contributed by atoms with van der Waals surface area (Å²) in [6, 6.07) is 12.6. The lowest BCUT2D eigenvalue weighted by Crippen LogP contribution is -2.32. The van der Waals surface area contributed by atoms with Crippen LogP contribution in [0.2, 0.25) is 0 Å². The van der Waals surface area contributed by atoms with E-state index in [1.54, 1.807) is 33.6 Å². The van der Waals surface area contributed by atoms with Crippen LogP contribution in [-0.4, -0.2) is 68.1 Å². The minimum Gasteiger partial charge on any atom is -0.444 e. The van der Waals surface area contributed by atoms with Crippen molar-refractivity contribution in [2.24, 2.45) is 5.73 Å². The lowest BCUT2D eigenvalue weighted by Gasteiger charge is -2.19. The quantitative estimate of drug-likeness (QED) is 0.146. The van der Waals surface area contributed by atoms with Gasteiger partial charge in [0.25, 0.3) is 11.8 Å². The molecular formula is C43H56N12O5. The minimum atomic E-state index is -0.655. The Kier molecular flexibility index (Phi) is 12.8. The van der Waals surface area contributed by atoms with E-state index < -0.39 is 17.6 Å². The van der Waals surface area contributed by atoms with E-state index in [9.17, 15) is 19.2 Å². The molecule has 0 radical (unpaired) electrons. The fourth-order valence-electron chi connectivity index (χ4n) is 7.66. The Labute approximate surface area is 349 Å². The van der Waals surface area contributed by atoms with E-state index in [1.165, 1.54) is 0 Å². The molecule has 0 unspecified atom stereocenters. The summed E-state index contributed by atoms with van der Waals surface area (Å²) in [5.74, 6) is -0.506. The lowest BCUT2D eigenvalue weighted by atomic mass is 10.0. The molecule has 0 fully saturated rings. The Morgan fingerprint density at radius 2 is 1.57 bits per heavy atom. The van der Waals surface area contributed by atoms with E-state index in [0.717, 1.165) is 52.8 Å². The van der Waals surface area contributed by atoms with Crippen LogP contribution in [0.15, 0.2) is 42.5 Å². The molecule has 60 heavy (non-hydrogen) atoms. The first-order valence-electron chi connectivity index (χ1n) is 20.2. The first-order chi connectivity index (χ1) is 28.2. The summed E-state index contributed by atoms with van der Waals surface area (Å²) in [6.45, 7) is 13.3. The molecule has 7 rings (SSSR count). The predicted molar refractivity (Wildman–Crippen MR) is 230 cm³/mol. The van der Waals surface area contributed by atoms with Gasteiger partial charge in [0.1, 0.15) is 17.0 Å². The summed E-state index contributed by atoms with van der Waals surface area (Å²) in [5.41, 5.74) is 12.0. The number of carbonyl (C=O) groups is 4. The number of ether oxygens (including phenoxy) is 1. The number of alkyl carbamates (subject to hydrolysis) is 1. The zero-order valence-electron chi connectivity index (χ0n) is 34.5. The number of hydrogen-bond donors (Lipinski definition) is 4. The van der Waals surface area contributed by atoms with Crippen molar-refractivity contribution in [1.29, 1.82) is 0 Å². The molecule has 0 spiro atoms. The number of imidazole rings is 2. The Balaban J connectivity index is 0.00000604. The molecule has 17 nitrogen and oxygen atoms in total. The van der Waals surface area contributed by atoms with Crippen molar-refractivity contribution < 1.29 is 23.9 Å².